The van der Waals surface area contributed by atoms with E-state index in [0.717, 1.165) is 0 Å². The molecule has 2 rings (SSSR count). The minimum Gasteiger partial charge on any atom is -0.324 e. The Bertz CT molecular complexity index is 629. The quantitative estimate of drug-likeness (QED) is 0.831. The van der Waals surface area contributed by atoms with E-state index < -0.39 is 18.0 Å². The molecule has 0 saturated heterocycles. The van der Waals surface area contributed by atoms with Crippen LogP contribution < -0.4 is 10.6 Å². The van der Waals surface area contributed by atoms with Crippen LogP contribution in [0.4, 0.5) is 4.79 Å². The van der Waals surface area contributed by atoms with Gasteiger partial charge < -0.3 is 10.1 Å². The standard InChI is InChI=1S/C15H13N3O3/c19-10-13(11-5-2-1-3-6-11)17-15(21)18-14(20)12-7-4-8-16-9-12/h1-10,13H,(H2,17,18,20,21). The molecule has 0 fully saturated rings. The van der Waals surface area contributed by atoms with Crippen molar-refractivity contribution in [1.82, 2.24) is 15.6 Å². The van der Waals surface area contributed by atoms with Crippen LogP contribution in [0, 0.1) is 0 Å². The van der Waals surface area contributed by atoms with Gasteiger partial charge in [-0.2, -0.15) is 0 Å². The van der Waals surface area contributed by atoms with Gasteiger partial charge in [0.25, 0.3) is 5.91 Å². The number of amides is 3. The molecule has 1 unspecified atom stereocenters. The number of imide groups is 1. The maximum Gasteiger partial charge on any atom is 0.322 e. The summed E-state index contributed by atoms with van der Waals surface area (Å²) in [5.41, 5.74) is 0.895. The third-order valence-corrected chi connectivity index (χ3v) is 2.73. The van der Waals surface area contributed by atoms with Crippen LogP contribution in [0.2, 0.25) is 0 Å². The van der Waals surface area contributed by atoms with Crippen molar-refractivity contribution < 1.29 is 14.4 Å². The van der Waals surface area contributed by atoms with Crippen molar-refractivity contribution in [3.8, 4) is 0 Å². The number of benzene rings is 1. The first-order chi connectivity index (χ1) is 10.2. The van der Waals surface area contributed by atoms with E-state index in [2.05, 4.69) is 15.6 Å². The lowest BCUT2D eigenvalue weighted by atomic mass is 10.1. The van der Waals surface area contributed by atoms with E-state index in [4.69, 9.17) is 0 Å². The van der Waals surface area contributed by atoms with Crippen molar-refractivity contribution in [1.29, 1.82) is 0 Å². The van der Waals surface area contributed by atoms with Crippen LogP contribution in [0.25, 0.3) is 0 Å². The van der Waals surface area contributed by atoms with Crippen molar-refractivity contribution in [2.45, 2.75) is 6.04 Å². The van der Waals surface area contributed by atoms with Crippen LogP contribution in [0.5, 0.6) is 0 Å². The second-order valence-electron chi connectivity index (χ2n) is 4.19. The molecule has 21 heavy (non-hydrogen) atoms. The molecule has 0 bridgehead atoms. The molecule has 6 nitrogen and oxygen atoms in total. The average molecular weight is 283 g/mol. The van der Waals surface area contributed by atoms with Gasteiger partial charge in [0.05, 0.1) is 5.56 Å². The first-order valence-corrected chi connectivity index (χ1v) is 6.23. The molecule has 1 aromatic heterocycles. The zero-order chi connectivity index (χ0) is 15.1. The van der Waals surface area contributed by atoms with Gasteiger partial charge in [0, 0.05) is 12.4 Å². The smallest absolute Gasteiger partial charge is 0.322 e. The number of aldehydes is 1. The topological polar surface area (TPSA) is 88.2 Å². The molecule has 1 heterocycles. The number of aromatic nitrogens is 1. The number of nitrogens with zero attached hydrogens (tertiary/aromatic N) is 1. The van der Waals surface area contributed by atoms with Gasteiger partial charge in [0.2, 0.25) is 0 Å². The molecule has 1 aromatic carbocycles. The van der Waals surface area contributed by atoms with Gasteiger partial charge in [-0.05, 0) is 17.7 Å². The Morgan fingerprint density at radius 1 is 1.10 bits per heavy atom. The molecular weight excluding hydrogens is 270 g/mol. The van der Waals surface area contributed by atoms with Crippen LogP contribution >= 0.6 is 0 Å². The molecule has 0 aliphatic heterocycles. The summed E-state index contributed by atoms with van der Waals surface area (Å²) in [6, 6.07) is 10.3. The van der Waals surface area contributed by atoms with Crippen LogP contribution in [0.1, 0.15) is 22.0 Å². The minimum atomic E-state index is -0.812. The molecule has 106 valence electrons. The van der Waals surface area contributed by atoms with Gasteiger partial charge in [-0.25, -0.2) is 4.79 Å². The van der Waals surface area contributed by atoms with Gasteiger partial charge in [0.1, 0.15) is 12.3 Å². The Hall–Kier alpha value is -3.02. The number of carbonyl (C=O) groups is 3. The highest BCUT2D eigenvalue weighted by molar-refractivity contribution is 6.04. The maximum absolute atomic E-state index is 11.8. The Labute approximate surface area is 121 Å². The van der Waals surface area contributed by atoms with Gasteiger partial charge in [-0.15, -0.1) is 0 Å². The molecular formula is C15H13N3O3. The number of hydrogen-bond donors (Lipinski definition) is 2. The molecule has 2 N–H and O–H groups in total. The van der Waals surface area contributed by atoms with Crippen LogP contribution in [0.15, 0.2) is 54.9 Å². The third kappa shape index (κ3) is 3.97. The first-order valence-electron chi connectivity index (χ1n) is 6.23. The first kappa shape index (κ1) is 14.4. The lowest BCUT2D eigenvalue weighted by Crippen LogP contribution is -2.41. The number of urea groups is 1. The zero-order valence-electron chi connectivity index (χ0n) is 11.0. The number of hydrogen-bond acceptors (Lipinski definition) is 4. The SMILES string of the molecule is O=CC(NC(=O)NC(=O)c1cccnc1)c1ccccc1. The summed E-state index contributed by atoms with van der Waals surface area (Å²) >= 11 is 0. The molecule has 2 aromatic rings. The largest absolute Gasteiger partial charge is 0.324 e. The van der Waals surface area contributed by atoms with Crippen molar-refractivity contribution in [3.05, 3.63) is 66.0 Å². The van der Waals surface area contributed by atoms with Crippen LogP contribution in [0.3, 0.4) is 0 Å². The van der Waals surface area contributed by atoms with Gasteiger partial charge in [0.15, 0.2) is 0 Å². The zero-order valence-corrected chi connectivity index (χ0v) is 11.0. The molecule has 0 radical (unpaired) electrons. The lowest BCUT2D eigenvalue weighted by molar-refractivity contribution is -0.109. The summed E-state index contributed by atoms with van der Waals surface area (Å²) in [6.45, 7) is 0. The molecule has 0 spiro atoms. The fourth-order valence-electron chi connectivity index (χ4n) is 1.71. The van der Waals surface area contributed by atoms with Crippen molar-refractivity contribution in [2.24, 2.45) is 0 Å². The number of pyridine rings is 1. The number of carbonyl (C=O) groups excluding carboxylic acids is 3. The molecule has 0 saturated carbocycles. The summed E-state index contributed by atoms with van der Waals surface area (Å²) < 4.78 is 0. The average Bonchev–Trinajstić information content (AvgIpc) is 2.54. The van der Waals surface area contributed by atoms with E-state index in [1.165, 1.54) is 18.5 Å². The van der Waals surface area contributed by atoms with E-state index in [1.54, 1.807) is 36.4 Å². The van der Waals surface area contributed by atoms with Crippen LogP contribution in [-0.2, 0) is 4.79 Å². The summed E-state index contributed by atoms with van der Waals surface area (Å²) in [4.78, 5) is 38.4. The number of nitrogens with one attached hydrogen (secondary N) is 2. The lowest BCUT2D eigenvalue weighted by Gasteiger charge is -2.13. The van der Waals surface area contributed by atoms with Gasteiger partial charge in [-0.3, -0.25) is 15.1 Å². The van der Waals surface area contributed by atoms with Crippen LogP contribution in [-0.4, -0.2) is 23.2 Å². The van der Waals surface area contributed by atoms with E-state index in [0.29, 0.717) is 11.8 Å². The molecule has 1 atom stereocenters. The predicted molar refractivity (Wildman–Crippen MR) is 75.5 cm³/mol. The van der Waals surface area contributed by atoms with E-state index >= 15 is 0 Å². The monoisotopic (exact) mass is 283 g/mol. The Morgan fingerprint density at radius 2 is 1.86 bits per heavy atom. The predicted octanol–water partition coefficient (Wildman–Crippen LogP) is 1.46. The maximum atomic E-state index is 11.8. The fraction of sp³-hybridized carbons (Fsp3) is 0.0667. The van der Waals surface area contributed by atoms with Gasteiger partial charge in [-0.1, -0.05) is 30.3 Å². The molecule has 0 aliphatic rings. The highest BCUT2D eigenvalue weighted by Gasteiger charge is 2.15. The Balaban J connectivity index is 1.98. The van der Waals surface area contributed by atoms with Crippen molar-refractivity contribution in [2.75, 3.05) is 0 Å². The van der Waals surface area contributed by atoms with Gasteiger partial charge >= 0.3 is 6.03 Å². The second-order valence-corrected chi connectivity index (χ2v) is 4.19. The highest BCUT2D eigenvalue weighted by Crippen LogP contribution is 2.09. The Kier molecular flexibility index (Phi) is 4.76. The molecule has 0 aliphatic carbocycles. The summed E-state index contributed by atoms with van der Waals surface area (Å²) in [7, 11) is 0. The second kappa shape index (κ2) is 6.95. The normalized spacial score (nSPS) is 11.2. The summed E-state index contributed by atoms with van der Waals surface area (Å²) in [5, 5.41) is 4.57. The van der Waals surface area contributed by atoms with Crippen molar-refractivity contribution in [3.63, 3.8) is 0 Å². The van der Waals surface area contributed by atoms with Crippen molar-refractivity contribution >= 4 is 18.2 Å². The van der Waals surface area contributed by atoms with E-state index in [9.17, 15) is 14.4 Å². The third-order valence-electron chi connectivity index (χ3n) is 2.73. The van der Waals surface area contributed by atoms with E-state index in [1.807, 2.05) is 0 Å². The summed E-state index contributed by atoms with van der Waals surface area (Å²) in [5.74, 6) is -0.585. The van der Waals surface area contributed by atoms with E-state index in [-0.39, 0.29) is 5.56 Å². The fourth-order valence-corrected chi connectivity index (χ4v) is 1.71. The molecule has 6 heteroatoms. The summed E-state index contributed by atoms with van der Waals surface area (Å²) in [6.07, 6.45) is 3.47. The molecule has 3 amide bonds. The number of rotatable bonds is 4. The Morgan fingerprint density at radius 3 is 2.48 bits per heavy atom. The minimum absolute atomic E-state index is 0.259. The highest BCUT2D eigenvalue weighted by atomic mass is 16.2.